The molecule has 1 aliphatic rings. The van der Waals surface area contributed by atoms with Crippen LogP contribution in [0.3, 0.4) is 0 Å². The Labute approximate surface area is 147 Å². The summed E-state index contributed by atoms with van der Waals surface area (Å²) in [5.74, 6) is 1.04. The first-order chi connectivity index (χ1) is 12.0. The summed E-state index contributed by atoms with van der Waals surface area (Å²) in [6, 6.07) is 7.66. The molecule has 1 saturated carbocycles. The van der Waals surface area contributed by atoms with Crippen LogP contribution in [0.4, 0.5) is 0 Å². The third-order valence-electron chi connectivity index (χ3n) is 4.03. The smallest absolute Gasteiger partial charge is 0.269 e. The van der Waals surface area contributed by atoms with E-state index in [4.69, 9.17) is 0 Å². The summed E-state index contributed by atoms with van der Waals surface area (Å²) in [7, 11) is 0. The van der Waals surface area contributed by atoms with Gasteiger partial charge in [-0.2, -0.15) is 0 Å². The molecule has 1 heterocycles. The number of hydrogen-bond acceptors (Lipinski definition) is 3. The molecule has 0 atom stereocenters. The highest BCUT2D eigenvalue weighted by molar-refractivity contribution is 5.95. The van der Waals surface area contributed by atoms with Crippen LogP contribution in [-0.4, -0.2) is 27.8 Å². The maximum Gasteiger partial charge on any atom is 0.269 e. The molecule has 0 bridgehead atoms. The van der Waals surface area contributed by atoms with E-state index in [-0.39, 0.29) is 11.8 Å². The largest absolute Gasteiger partial charge is 0.349 e. The number of carbonyl (C=O) groups is 2. The molecule has 0 radical (unpaired) electrons. The normalized spacial score (nSPS) is 13.7. The van der Waals surface area contributed by atoms with Crippen molar-refractivity contribution < 1.29 is 9.59 Å². The van der Waals surface area contributed by atoms with E-state index < -0.39 is 0 Å². The zero-order chi connectivity index (χ0) is 17.8. The van der Waals surface area contributed by atoms with Crippen LogP contribution in [0.1, 0.15) is 58.9 Å². The molecule has 6 nitrogen and oxygen atoms in total. The molecule has 1 fully saturated rings. The van der Waals surface area contributed by atoms with Crippen molar-refractivity contribution in [3.8, 4) is 0 Å². The SMILES string of the molecule is CC(C)Cc1ncc(C(=O)NCc2cccc(C(=O)NC3CC3)c2)[nH]1. The van der Waals surface area contributed by atoms with Crippen molar-refractivity contribution in [2.45, 2.75) is 45.7 Å². The molecule has 1 aromatic heterocycles. The van der Waals surface area contributed by atoms with E-state index in [2.05, 4.69) is 34.4 Å². The number of aromatic amines is 1. The van der Waals surface area contributed by atoms with Gasteiger partial charge in [0.15, 0.2) is 0 Å². The number of H-pyrrole nitrogens is 1. The highest BCUT2D eigenvalue weighted by Crippen LogP contribution is 2.19. The summed E-state index contributed by atoms with van der Waals surface area (Å²) in [4.78, 5) is 31.6. The van der Waals surface area contributed by atoms with Crippen LogP contribution in [0, 0.1) is 5.92 Å². The lowest BCUT2D eigenvalue weighted by Crippen LogP contribution is -2.26. The molecule has 132 valence electrons. The monoisotopic (exact) mass is 340 g/mol. The van der Waals surface area contributed by atoms with E-state index in [1.807, 2.05) is 18.2 Å². The maximum atomic E-state index is 12.2. The van der Waals surface area contributed by atoms with Crippen molar-refractivity contribution in [2.24, 2.45) is 5.92 Å². The number of benzene rings is 1. The van der Waals surface area contributed by atoms with Gasteiger partial charge in [0.2, 0.25) is 0 Å². The number of amides is 2. The number of aromatic nitrogens is 2. The zero-order valence-electron chi connectivity index (χ0n) is 14.6. The Morgan fingerprint density at radius 2 is 2.08 bits per heavy atom. The Hall–Kier alpha value is -2.63. The second-order valence-corrected chi connectivity index (χ2v) is 6.97. The predicted molar refractivity (Wildman–Crippen MR) is 95.2 cm³/mol. The van der Waals surface area contributed by atoms with E-state index >= 15 is 0 Å². The number of nitrogens with one attached hydrogen (secondary N) is 3. The Bertz CT molecular complexity index is 762. The molecule has 1 aliphatic carbocycles. The fourth-order valence-electron chi connectivity index (χ4n) is 2.56. The third-order valence-corrected chi connectivity index (χ3v) is 4.03. The topological polar surface area (TPSA) is 86.9 Å². The summed E-state index contributed by atoms with van der Waals surface area (Å²) < 4.78 is 0. The number of carbonyl (C=O) groups excluding carboxylic acids is 2. The van der Waals surface area contributed by atoms with Gasteiger partial charge in [0.05, 0.1) is 6.20 Å². The van der Waals surface area contributed by atoms with Crippen molar-refractivity contribution >= 4 is 11.8 Å². The summed E-state index contributed by atoms with van der Waals surface area (Å²) in [5, 5.41) is 5.83. The molecule has 3 rings (SSSR count). The lowest BCUT2D eigenvalue weighted by atomic mass is 10.1. The zero-order valence-corrected chi connectivity index (χ0v) is 14.6. The van der Waals surface area contributed by atoms with Crippen molar-refractivity contribution in [3.05, 3.63) is 53.1 Å². The van der Waals surface area contributed by atoms with Crippen LogP contribution in [0.25, 0.3) is 0 Å². The Balaban J connectivity index is 1.56. The molecule has 0 aliphatic heterocycles. The highest BCUT2D eigenvalue weighted by Gasteiger charge is 2.23. The van der Waals surface area contributed by atoms with Crippen LogP contribution >= 0.6 is 0 Å². The molecular weight excluding hydrogens is 316 g/mol. The quantitative estimate of drug-likeness (QED) is 0.723. The molecule has 1 aromatic carbocycles. The number of rotatable bonds is 7. The molecule has 6 heteroatoms. The second kappa shape index (κ2) is 7.51. The summed E-state index contributed by atoms with van der Waals surface area (Å²) in [6.45, 7) is 4.57. The summed E-state index contributed by atoms with van der Waals surface area (Å²) in [5.41, 5.74) is 1.97. The molecule has 0 unspecified atom stereocenters. The number of hydrogen-bond donors (Lipinski definition) is 3. The average molecular weight is 340 g/mol. The van der Waals surface area contributed by atoms with Crippen LogP contribution in [0.15, 0.2) is 30.5 Å². The third kappa shape index (κ3) is 4.92. The van der Waals surface area contributed by atoms with Gasteiger partial charge < -0.3 is 15.6 Å². The highest BCUT2D eigenvalue weighted by atomic mass is 16.2. The van der Waals surface area contributed by atoms with Gasteiger partial charge in [0, 0.05) is 24.6 Å². The van der Waals surface area contributed by atoms with Gasteiger partial charge in [-0.3, -0.25) is 9.59 Å². The summed E-state index contributed by atoms with van der Waals surface area (Å²) in [6.07, 6.45) is 4.49. The Morgan fingerprint density at radius 1 is 1.28 bits per heavy atom. The minimum atomic E-state index is -0.199. The molecule has 3 N–H and O–H groups in total. The van der Waals surface area contributed by atoms with Crippen molar-refractivity contribution in [2.75, 3.05) is 0 Å². The van der Waals surface area contributed by atoms with Crippen LogP contribution in [0.2, 0.25) is 0 Å². The molecule has 0 saturated heterocycles. The summed E-state index contributed by atoms with van der Waals surface area (Å²) >= 11 is 0. The standard InChI is InChI=1S/C19H24N4O2/c1-12(2)8-17-20-11-16(23-17)19(25)21-10-13-4-3-5-14(9-13)18(24)22-15-6-7-15/h3-5,9,11-12,15H,6-8,10H2,1-2H3,(H,20,23)(H,21,25)(H,22,24). The number of nitrogens with zero attached hydrogens (tertiary/aromatic N) is 1. The van der Waals surface area contributed by atoms with Crippen LogP contribution in [-0.2, 0) is 13.0 Å². The molecule has 0 spiro atoms. The maximum absolute atomic E-state index is 12.2. The number of imidazole rings is 1. The van der Waals surface area contributed by atoms with Crippen molar-refractivity contribution in [1.29, 1.82) is 0 Å². The van der Waals surface area contributed by atoms with Crippen LogP contribution < -0.4 is 10.6 Å². The van der Waals surface area contributed by atoms with Gasteiger partial charge in [-0.05, 0) is 36.5 Å². The first-order valence-corrected chi connectivity index (χ1v) is 8.73. The van der Waals surface area contributed by atoms with E-state index in [0.29, 0.717) is 29.8 Å². The fourth-order valence-corrected chi connectivity index (χ4v) is 2.56. The van der Waals surface area contributed by atoms with Gasteiger partial charge in [-0.1, -0.05) is 26.0 Å². The van der Waals surface area contributed by atoms with Gasteiger partial charge in [0.25, 0.3) is 11.8 Å². The van der Waals surface area contributed by atoms with Gasteiger partial charge in [0.1, 0.15) is 11.5 Å². The molecular formula is C19H24N4O2. The minimum absolute atomic E-state index is 0.0532. The lowest BCUT2D eigenvalue weighted by Gasteiger charge is -2.07. The van der Waals surface area contributed by atoms with E-state index in [1.54, 1.807) is 12.3 Å². The fraction of sp³-hybridized carbons (Fsp3) is 0.421. The first-order valence-electron chi connectivity index (χ1n) is 8.73. The average Bonchev–Trinajstić information content (AvgIpc) is 3.28. The first kappa shape index (κ1) is 17.2. The van der Waals surface area contributed by atoms with Gasteiger partial charge in [-0.25, -0.2) is 4.98 Å². The van der Waals surface area contributed by atoms with E-state index in [9.17, 15) is 9.59 Å². The molecule has 2 aromatic rings. The van der Waals surface area contributed by atoms with Crippen molar-refractivity contribution in [3.63, 3.8) is 0 Å². The molecule has 2 amide bonds. The molecule has 25 heavy (non-hydrogen) atoms. The Morgan fingerprint density at radius 3 is 2.80 bits per heavy atom. The van der Waals surface area contributed by atoms with Crippen molar-refractivity contribution in [1.82, 2.24) is 20.6 Å². The van der Waals surface area contributed by atoms with Gasteiger partial charge >= 0.3 is 0 Å². The van der Waals surface area contributed by atoms with Gasteiger partial charge in [-0.15, -0.1) is 0 Å². The lowest BCUT2D eigenvalue weighted by molar-refractivity contribution is 0.0942. The minimum Gasteiger partial charge on any atom is -0.349 e. The van der Waals surface area contributed by atoms with E-state index in [0.717, 1.165) is 30.7 Å². The van der Waals surface area contributed by atoms with Crippen LogP contribution in [0.5, 0.6) is 0 Å². The second-order valence-electron chi connectivity index (χ2n) is 6.97. The predicted octanol–water partition coefficient (Wildman–Crippen LogP) is 2.43. The van der Waals surface area contributed by atoms with E-state index in [1.165, 1.54) is 0 Å². The Kier molecular flexibility index (Phi) is 5.16.